The molecule has 0 bridgehead atoms. The molecule has 1 unspecified atom stereocenters. The van der Waals surface area contributed by atoms with Crippen LogP contribution in [0.5, 0.6) is 0 Å². The van der Waals surface area contributed by atoms with E-state index in [1.165, 1.54) is 18.4 Å². The fraction of sp³-hybridized carbons (Fsp3) is 0.636. The first kappa shape index (κ1) is 13.9. The second kappa shape index (κ2) is 7.24. The minimum absolute atomic E-state index is 0.146. The maximum absolute atomic E-state index is 11.0. The van der Waals surface area contributed by atoms with E-state index in [1.807, 2.05) is 19.2 Å². The molecule has 1 heterocycles. The van der Waals surface area contributed by atoms with Crippen molar-refractivity contribution in [3.05, 3.63) is 11.1 Å². The molecule has 17 heavy (non-hydrogen) atoms. The normalized spacial score (nSPS) is 12.2. The van der Waals surface area contributed by atoms with Gasteiger partial charge in [-0.05, 0) is 13.8 Å². The van der Waals surface area contributed by atoms with E-state index in [1.54, 1.807) is 0 Å². The zero-order valence-corrected chi connectivity index (χ0v) is 11.2. The zero-order chi connectivity index (χ0) is 12.7. The first-order valence-electron chi connectivity index (χ1n) is 5.52. The lowest BCUT2D eigenvalue weighted by Gasteiger charge is -2.11. The lowest BCUT2D eigenvalue weighted by atomic mass is 10.3. The lowest BCUT2D eigenvalue weighted by molar-refractivity contribution is -0.139. The SMILES string of the molecule is CCOC(C)CNc1nc(CC(=O)OC)cs1. The molecule has 0 aromatic carbocycles. The van der Waals surface area contributed by atoms with E-state index in [9.17, 15) is 4.79 Å². The predicted octanol–water partition coefficient (Wildman–Crippen LogP) is 1.70. The highest BCUT2D eigenvalue weighted by molar-refractivity contribution is 7.13. The fourth-order valence-corrected chi connectivity index (χ4v) is 1.98. The van der Waals surface area contributed by atoms with E-state index in [2.05, 4.69) is 15.0 Å². The van der Waals surface area contributed by atoms with Crippen LogP contribution >= 0.6 is 11.3 Å². The van der Waals surface area contributed by atoms with Crippen LogP contribution in [0.3, 0.4) is 0 Å². The highest BCUT2D eigenvalue weighted by Crippen LogP contribution is 2.16. The first-order valence-corrected chi connectivity index (χ1v) is 6.40. The maximum atomic E-state index is 11.0. The van der Waals surface area contributed by atoms with Crippen LogP contribution < -0.4 is 5.32 Å². The summed E-state index contributed by atoms with van der Waals surface area (Å²) in [7, 11) is 1.37. The van der Waals surface area contributed by atoms with E-state index >= 15 is 0 Å². The Hall–Kier alpha value is -1.14. The van der Waals surface area contributed by atoms with E-state index in [-0.39, 0.29) is 18.5 Å². The van der Waals surface area contributed by atoms with Gasteiger partial charge in [-0.3, -0.25) is 4.79 Å². The first-order chi connectivity index (χ1) is 8.15. The van der Waals surface area contributed by atoms with Crippen molar-refractivity contribution in [2.45, 2.75) is 26.4 Å². The summed E-state index contributed by atoms with van der Waals surface area (Å²) >= 11 is 1.48. The number of hydrogen-bond acceptors (Lipinski definition) is 6. The number of methoxy groups -OCH3 is 1. The van der Waals surface area contributed by atoms with Gasteiger partial charge in [-0.1, -0.05) is 0 Å². The smallest absolute Gasteiger partial charge is 0.311 e. The maximum Gasteiger partial charge on any atom is 0.311 e. The molecule has 6 heteroatoms. The number of ether oxygens (including phenoxy) is 2. The number of nitrogens with zero attached hydrogens (tertiary/aromatic N) is 1. The average Bonchev–Trinajstić information content (AvgIpc) is 2.74. The number of rotatable bonds is 7. The number of anilines is 1. The van der Waals surface area contributed by atoms with Crippen LogP contribution in [0.1, 0.15) is 19.5 Å². The van der Waals surface area contributed by atoms with Gasteiger partial charge < -0.3 is 14.8 Å². The van der Waals surface area contributed by atoms with Crippen LogP contribution in [0.4, 0.5) is 5.13 Å². The summed E-state index contributed by atoms with van der Waals surface area (Å²) in [6.07, 6.45) is 0.364. The van der Waals surface area contributed by atoms with Gasteiger partial charge in [-0.2, -0.15) is 0 Å². The van der Waals surface area contributed by atoms with Crippen molar-refractivity contribution in [1.82, 2.24) is 4.98 Å². The minimum atomic E-state index is -0.274. The van der Waals surface area contributed by atoms with E-state index in [0.717, 1.165) is 10.8 Å². The summed E-state index contributed by atoms with van der Waals surface area (Å²) in [5, 5.41) is 5.82. The number of nitrogens with one attached hydrogen (secondary N) is 1. The number of carbonyl (C=O) groups excluding carboxylic acids is 1. The highest BCUT2D eigenvalue weighted by atomic mass is 32.1. The Morgan fingerprint density at radius 1 is 1.65 bits per heavy atom. The standard InChI is InChI=1S/C11H18N2O3S/c1-4-16-8(2)6-12-11-13-9(7-17-11)5-10(14)15-3/h7-8H,4-6H2,1-3H3,(H,12,13). The molecule has 0 spiro atoms. The molecule has 0 aliphatic heterocycles. The van der Waals surface area contributed by atoms with Gasteiger partial charge in [-0.15, -0.1) is 11.3 Å². The average molecular weight is 258 g/mol. The molecule has 1 atom stereocenters. The van der Waals surface area contributed by atoms with Crippen LogP contribution in [-0.4, -0.2) is 37.3 Å². The number of hydrogen-bond donors (Lipinski definition) is 1. The second-order valence-electron chi connectivity index (χ2n) is 3.54. The van der Waals surface area contributed by atoms with Crippen LogP contribution in [0.2, 0.25) is 0 Å². The van der Waals surface area contributed by atoms with Gasteiger partial charge >= 0.3 is 5.97 Å². The van der Waals surface area contributed by atoms with Gasteiger partial charge in [0.15, 0.2) is 5.13 Å². The van der Waals surface area contributed by atoms with Gasteiger partial charge in [0.05, 0.1) is 25.3 Å². The lowest BCUT2D eigenvalue weighted by Crippen LogP contribution is -2.19. The van der Waals surface area contributed by atoms with Crippen molar-refractivity contribution in [1.29, 1.82) is 0 Å². The molecule has 96 valence electrons. The van der Waals surface area contributed by atoms with Crippen LogP contribution in [0.15, 0.2) is 5.38 Å². The molecule has 5 nitrogen and oxygen atoms in total. The molecule has 0 aliphatic rings. The molecule has 0 amide bonds. The quantitative estimate of drug-likeness (QED) is 0.754. The van der Waals surface area contributed by atoms with Gasteiger partial charge in [-0.25, -0.2) is 4.98 Å². The Labute approximate surface area is 105 Å². The van der Waals surface area contributed by atoms with E-state index < -0.39 is 0 Å². The van der Waals surface area contributed by atoms with Crippen LogP contribution in [-0.2, 0) is 20.7 Å². The molecular weight excluding hydrogens is 240 g/mol. The molecule has 0 saturated carbocycles. The van der Waals surface area contributed by atoms with Crippen LogP contribution in [0.25, 0.3) is 0 Å². The zero-order valence-electron chi connectivity index (χ0n) is 10.4. The van der Waals surface area contributed by atoms with E-state index in [4.69, 9.17) is 4.74 Å². The van der Waals surface area contributed by atoms with Crippen molar-refractivity contribution >= 4 is 22.4 Å². The largest absolute Gasteiger partial charge is 0.469 e. The summed E-state index contributed by atoms with van der Waals surface area (Å²) in [5.41, 5.74) is 0.730. The van der Waals surface area contributed by atoms with Crippen molar-refractivity contribution < 1.29 is 14.3 Å². The monoisotopic (exact) mass is 258 g/mol. The van der Waals surface area contributed by atoms with Gasteiger partial charge in [0, 0.05) is 18.5 Å². The Balaban J connectivity index is 2.37. The summed E-state index contributed by atoms with van der Waals surface area (Å²) in [6, 6.07) is 0. The Morgan fingerprint density at radius 2 is 2.41 bits per heavy atom. The molecule has 0 aliphatic carbocycles. The minimum Gasteiger partial charge on any atom is -0.469 e. The van der Waals surface area contributed by atoms with Crippen molar-refractivity contribution in [3.63, 3.8) is 0 Å². The van der Waals surface area contributed by atoms with Gasteiger partial charge in [0.1, 0.15) is 0 Å². The van der Waals surface area contributed by atoms with Crippen molar-refractivity contribution in [3.8, 4) is 0 Å². The van der Waals surface area contributed by atoms with Crippen molar-refractivity contribution in [2.75, 3.05) is 25.6 Å². The fourth-order valence-electron chi connectivity index (χ4n) is 1.26. The molecule has 0 saturated heterocycles. The highest BCUT2D eigenvalue weighted by Gasteiger charge is 2.08. The Morgan fingerprint density at radius 3 is 3.06 bits per heavy atom. The number of aromatic nitrogens is 1. The second-order valence-corrected chi connectivity index (χ2v) is 4.40. The molecule has 1 aromatic heterocycles. The molecule has 1 aromatic rings. The van der Waals surface area contributed by atoms with Gasteiger partial charge in [0.25, 0.3) is 0 Å². The topological polar surface area (TPSA) is 60.5 Å². The van der Waals surface area contributed by atoms with Crippen molar-refractivity contribution in [2.24, 2.45) is 0 Å². The Bertz CT molecular complexity index is 354. The molecule has 0 fully saturated rings. The van der Waals surface area contributed by atoms with Gasteiger partial charge in [0.2, 0.25) is 0 Å². The summed E-state index contributed by atoms with van der Waals surface area (Å²) < 4.78 is 9.97. The third-order valence-electron chi connectivity index (χ3n) is 2.10. The molecule has 1 N–H and O–H groups in total. The van der Waals surface area contributed by atoms with E-state index in [0.29, 0.717) is 13.2 Å². The number of esters is 1. The third kappa shape index (κ3) is 5.14. The third-order valence-corrected chi connectivity index (χ3v) is 2.95. The summed E-state index contributed by atoms with van der Waals surface area (Å²) in [6.45, 7) is 5.38. The van der Waals surface area contributed by atoms with Crippen LogP contribution in [0, 0.1) is 0 Å². The summed E-state index contributed by atoms with van der Waals surface area (Å²) in [5.74, 6) is -0.274. The summed E-state index contributed by atoms with van der Waals surface area (Å²) in [4.78, 5) is 15.3. The predicted molar refractivity (Wildman–Crippen MR) is 67.4 cm³/mol. The number of thiazole rings is 1. The Kier molecular flexibility index (Phi) is 5.93. The molecular formula is C11H18N2O3S. The molecule has 0 radical (unpaired) electrons. The number of carbonyl (C=O) groups is 1. The molecule has 1 rings (SSSR count).